The van der Waals surface area contributed by atoms with Crippen LogP contribution < -0.4 is 5.32 Å². The number of nitrogens with zero attached hydrogens (tertiary/aromatic N) is 2. The van der Waals surface area contributed by atoms with Crippen LogP contribution in [-0.4, -0.2) is 9.91 Å². The first kappa shape index (κ1) is 13.6. The van der Waals surface area contributed by atoms with Gasteiger partial charge in [0.25, 0.3) is 11.7 Å². The Bertz CT molecular complexity index is 816. The van der Waals surface area contributed by atoms with Gasteiger partial charge in [0.2, 0.25) is 0 Å². The molecule has 0 saturated carbocycles. The van der Waals surface area contributed by atoms with Gasteiger partial charge in [0.15, 0.2) is 5.58 Å². The van der Waals surface area contributed by atoms with Crippen molar-refractivity contribution in [2.45, 2.75) is 6.54 Å². The van der Waals surface area contributed by atoms with Crippen LogP contribution >= 0.6 is 15.9 Å². The monoisotopic (exact) mass is 347 g/mol. The first-order valence-electron chi connectivity index (χ1n) is 6.15. The Kier molecular flexibility index (Phi) is 3.57. The van der Waals surface area contributed by atoms with Crippen molar-refractivity contribution < 1.29 is 9.34 Å². The van der Waals surface area contributed by atoms with E-state index < -0.39 is 4.92 Å². The molecule has 2 aromatic carbocycles. The highest BCUT2D eigenvalue weighted by molar-refractivity contribution is 9.10. The van der Waals surface area contributed by atoms with Gasteiger partial charge in [0, 0.05) is 23.2 Å². The predicted octanol–water partition coefficient (Wildman–Crippen LogP) is 4.11. The fraction of sp³-hybridized carbons (Fsp3) is 0.0714. The van der Waals surface area contributed by atoms with Crippen LogP contribution in [0.2, 0.25) is 0 Å². The highest BCUT2D eigenvalue weighted by atomic mass is 79.9. The Morgan fingerprint density at radius 1 is 1.29 bits per heavy atom. The third-order valence-corrected chi connectivity index (χ3v) is 3.41. The lowest BCUT2D eigenvalue weighted by molar-refractivity contribution is -0.384. The molecule has 1 aromatic heterocycles. The van der Waals surface area contributed by atoms with Gasteiger partial charge in [-0.15, -0.1) is 0 Å². The van der Waals surface area contributed by atoms with Crippen LogP contribution in [0.15, 0.2) is 51.4 Å². The maximum atomic E-state index is 10.7. The summed E-state index contributed by atoms with van der Waals surface area (Å²) in [6.07, 6.45) is 0. The number of hydrogen-bond acceptors (Lipinski definition) is 5. The molecule has 106 valence electrons. The normalized spacial score (nSPS) is 10.7. The van der Waals surface area contributed by atoms with Crippen molar-refractivity contribution in [3.63, 3.8) is 0 Å². The van der Waals surface area contributed by atoms with E-state index in [1.807, 2.05) is 24.3 Å². The molecule has 6 nitrogen and oxygen atoms in total. The van der Waals surface area contributed by atoms with E-state index >= 15 is 0 Å². The zero-order valence-corrected chi connectivity index (χ0v) is 12.3. The summed E-state index contributed by atoms with van der Waals surface area (Å²) in [5.41, 5.74) is 2.03. The molecule has 1 N–H and O–H groups in total. The van der Waals surface area contributed by atoms with E-state index in [2.05, 4.69) is 26.2 Å². The molecule has 0 atom stereocenters. The molecule has 3 rings (SSSR count). The second-order valence-corrected chi connectivity index (χ2v) is 5.33. The van der Waals surface area contributed by atoms with Gasteiger partial charge in [-0.1, -0.05) is 28.1 Å². The van der Waals surface area contributed by atoms with Crippen LogP contribution in [0, 0.1) is 10.1 Å². The molecule has 0 unspecified atom stereocenters. The molecule has 3 aromatic rings. The van der Waals surface area contributed by atoms with Gasteiger partial charge in [0.05, 0.1) is 4.92 Å². The first-order chi connectivity index (χ1) is 10.1. The zero-order valence-electron chi connectivity index (χ0n) is 10.7. The Hall–Kier alpha value is -2.41. The maximum Gasteiger partial charge on any atom is 0.295 e. The van der Waals surface area contributed by atoms with E-state index in [0.29, 0.717) is 23.7 Å². The predicted molar refractivity (Wildman–Crippen MR) is 82.1 cm³/mol. The van der Waals surface area contributed by atoms with Crippen LogP contribution in [0.1, 0.15) is 5.56 Å². The molecule has 0 bridgehead atoms. The molecule has 0 aliphatic heterocycles. The minimum atomic E-state index is -0.456. The Labute approximate surface area is 128 Å². The number of non-ortho nitro benzene ring substituents is 1. The van der Waals surface area contributed by atoms with E-state index in [9.17, 15) is 10.1 Å². The van der Waals surface area contributed by atoms with Gasteiger partial charge in [-0.2, -0.15) is 4.98 Å². The second-order valence-electron chi connectivity index (χ2n) is 4.41. The molecule has 0 saturated heterocycles. The largest absolute Gasteiger partial charge is 0.424 e. The minimum absolute atomic E-state index is 0.00524. The molecule has 21 heavy (non-hydrogen) atoms. The number of rotatable bonds is 4. The molecule has 7 heteroatoms. The third kappa shape index (κ3) is 3.03. The van der Waals surface area contributed by atoms with Gasteiger partial charge >= 0.3 is 0 Å². The van der Waals surface area contributed by atoms with E-state index in [1.54, 1.807) is 6.07 Å². The van der Waals surface area contributed by atoms with Gasteiger partial charge in [-0.25, -0.2) is 0 Å². The number of fused-ring (bicyclic) bond motifs is 1. The topological polar surface area (TPSA) is 81.2 Å². The van der Waals surface area contributed by atoms with E-state index in [1.165, 1.54) is 12.1 Å². The van der Waals surface area contributed by atoms with Crippen LogP contribution in [0.4, 0.5) is 11.7 Å². The lowest BCUT2D eigenvalue weighted by Crippen LogP contribution is -1.99. The third-order valence-electron chi connectivity index (χ3n) is 2.91. The van der Waals surface area contributed by atoms with Crippen molar-refractivity contribution in [2.75, 3.05) is 5.32 Å². The van der Waals surface area contributed by atoms with Crippen molar-refractivity contribution in [1.29, 1.82) is 0 Å². The molecule has 0 aliphatic carbocycles. The summed E-state index contributed by atoms with van der Waals surface area (Å²) in [4.78, 5) is 14.5. The molecule has 0 aliphatic rings. The highest BCUT2D eigenvalue weighted by Crippen LogP contribution is 2.23. The van der Waals surface area contributed by atoms with E-state index in [-0.39, 0.29) is 5.69 Å². The van der Waals surface area contributed by atoms with Crippen molar-refractivity contribution in [2.24, 2.45) is 0 Å². The fourth-order valence-electron chi connectivity index (χ4n) is 1.93. The Balaban J connectivity index is 1.80. The van der Waals surface area contributed by atoms with E-state index in [0.717, 1.165) is 10.0 Å². The summed E-state index contributed by atoms with van der Waals surface area (Å²) in [7, 11) is 0. The summed E-state index contributed by atoms with van der Waals surface area (Å²) < 4.78 is 6.49. The van der Waals surface area contributed by atoms with Crippen molar-refractivity contribution in [3.05, 3.63) is 62.6 Å². The number of oxazole rings is 1. The number of aromatic nitrogens is 1. The number of hydrogen-bond donors (Lipinski definition) is 1. The summed E-state index contributed by atoms with van der Waals surface area (Å²) in [5, 5.41) is 13.8. The summed E-state index contributed by atoms with van der Waals surface area (Å²) >= 11 is 3.41. The van der Waals surface area contributed by atoms with Crippen LogP contribution in [-0.2, 0) is 6.54 Å². The smallest absolute Gasteiger partial charge is 0.295 e. The molecular formula is C14H10BrN3O3. The Morgan fingerprint density at radius 3 is 2.90 bits per heavy atom. The average Bonchev–Trinajstić information content (AvgIpc) is 2.87. The highest BCUT2D eigenvalue weighted by Gasteiger charge is 2.11. The van der Waals surface area contributed by atoms with Crippen LogP contribution in [0.25, 0.3) is 11.1 Å². The summed E-state index contributed by atoms with van der Waals surface area (Å²) in [6.45, 7) is 0.550. The molecule has 0 radical (unpaired) electrons. The minimum Gasteiger partial charge on any atom is -0.424 e. The maximum absolute atomic E-state index is 10.7. The molecule has 1 heterocycles. The first-order valence-corrected chi connectivity index (χ1v) is 6.94. The summed E-state index contributed by atoms with van der Waals surface area (Å²) in [5.74, 6) is 0. The lowest BCUT2D eigenvalue weighted by Gasteiger charge is -2.02. The quantitative estimate of drug-likeness (QED) is 0.567. The van der Waals surface area contributed by atoms with Crippen molar-refractivity contribution in [1.82, 2.24) is 4.98 Å². The zero-order chi connectivity index (χ0) is 14.8. The number of nitro groups is 1. The van der Waals surface area contributed by atoms with Crippen LogP contribution in [0.5, 0.6) is 0 Å². The number of halogens is 1. The van der Waals surface area contributed by atoms with Gasteiger partial charge in [-0.05, 0) is 23.8 Å². The second kappa shape index (κ2) is 5.53. The molecule has 0 fully saturated rings. The number of nitro benzene ring substituents is 1. The number of anilines is 1. The molecule has 0 amide bonds. The van der Waals surface area contributed by atoms with Gasteiger partial charge < -0.3 is 9.73 Å². The van der Waals surface area contributed by atoms with E-state index in [4.69, 9.17) is 4.42 Å². The van der Waals surface area contributed by atoms with Gasteiger partial charge in [-0.3, -0.25) is 10.1 Å². The standard InChI is InChI=1S/C14H10BrN3O3/c15-10-3-1-2-9(6-10)8-16-14-17-12-7-11(18(19)20)4-5-13(12)21-14/h1-7H,8H2,(H,16,17). The average molecular weight is 348 g/mol. The number of nitrogens with one attached hydrogen (secondary N) is 1. The fourth-order valence-corrected chi connectivity index (χ4v) is 2.38. The van der Waals surface area contributed by atoms with Gasteiger partial charge in [0.1, 0.15) is 5.52 Å². The molecular weight excluding hydrogens is 338 g/mol. The van der Waals surface area contributed by atoms with Crippen LogP contribution in [0.3, 0.4) is 0 Å². The SMILES string of the molecule is O=[N+]([O-])c1ccc2oc(NCc3cccc(Br)c3)nc2c1. The van der Waals surface area contributed by atoms with Crippen molar-refractivity contribution in [3.8, 4) is 0 Å². The Morgan fingerprint density at radius 2 is 2.14 bits per heavy atom. The molecule has 0 spiro atoms. The lowest BCUT2D eigenvalue weighted by atomic mass is 10.2. The summed E-state index contributed by atoms with van der Waals surface area (Å²) in [6, 6.07) is 12.5. The van der Waals surface area contributed by atoms with Crippen molar-refractivity contribution >= 4 is 38.7 Å². The number of benzene rings is 2.